The maximum atomic E-state index is 11.3. The van der Waals surface area contributed by atoms with Gasteiger partial charge in [0.25, 0.3) is 0 Å². The minimum atomic E-state index is 0.216. The van der Waals surface area contributed by atoms with E-state index in [9.17, 15) is 4.79 Å². The van der Waals surface area contributed by atoms with Gasteiger partial charge in [-0.2, -0.15) is 0 Å². The summed E-state index contributed by atoms with van der Waals surface area (Å²) in [5.41, 5.74) is 1.19. The van der Waals surface area contributed by atoms with Crippen LogP contribution in [0.15, 0.2) is 30.3 Å². The number of hydrogen-bond donors (Lipinski definition) is 1. The molecule has 0 aliphatic heterocycles. The van der Waals surface area contributed by atoms with Crippen molar-refractivity contribution in [2.75, 3.05) is 13.2 Å². The third kappa shape index (κ3) is 4.57. The van der Waals surface area contributed by atoms with Gasteiger partial charge in [0.05, 0.1) is 6.61 Å². The van der Waals surface area contributed by atoms with Gasteiger partial charge in [-0.15, -0.1) is 0 Å². The lowest BCUT2D eigenvalue weighted by Gasteiger charge is -2.05. The number of carbonyl (C=O) groups excluding carboxylic acids is 1. The van der Waals surface area contributed by atoms with E-state index in [0.717, 1.165) is 25.8 Å². The molecule has 2 rings (SSSR count). The molecule has 3 heteroatoms. The Kier molecular flexibility index (Phi) is 4.56. The van der Waals surface area contributed by atoms with Gasteiger partial charge < -0.3 is 10.1 Å². The molecule has 1 aromatic carbocycles. The smallest absolute Gasteiger partial charge is 0.223 e. The van der Waals surface area contributed by atoms with Crippen molar-refractivity contribution < 1.29 is 9.53 Å². The highest BCUT2D eigenvalue weighted by atomic mass is 16.5. The predicted octanol–water partition coefficient (Wildman–Crippen LogP) is 2.12. The van der Waals surface area contributed by atoms with Gasteiger partial charge in [-0.25, -0.2) is 0 Å². The van der Waals surface area contributed by atoms with E-state index >= 15 is 0 Å². The Morgan fingerprint density at radius 2 is 2.06 bits per heavy atom. The number of ether oxygens (including phenoxy) is 1. The number of hydrogen-bond acceptors (Lipinski definition) is 2. The van der Waals surface area contributed by atoms with Crippen molar-refractivity contribution in [2.24, 2.45) is 5.92 Å². The van der Waals surface area contributed by atoms with Crippen molar-refractivity contribution in [3.05, 3.63) is 35.9 Å². The third-order valence-electron chi connectivity index (χ3n) is 2.82. The summed E-state index contributed by atoms with van der Waals surface area (Å²) in [6.07, 6.45) is 3.01. The molecule has 0 radical (unpaired) electrons. The second-order valence-electron chi connectivity index (χ2n) is 4.46. The van der Waals surface area contributed by atoms with Gasteiger partial charge in [0.2, 0.25) is 5.91 Å². The van der Waals surface area contributed by atoms with Gasteiger partial charge in [-0.05, 0) is 24.8 Å². The summed E-state index contributed by atoms with van der Waals surface area (Å²) < 4.78 is 5.53. The lowest BCUT2D eigenvalue weighted by Crippen LogP contribution is -2.26. The molecule has 3 nitrogen and oxygen atoms in total. The average Bonchev–Trinajstić information content (AvgIpc) is 3.19. The zero-order chi connectivity index (χ0) is 11.9. The van der Waals surface area contributed by atoms with Crippen molar-refractivity contribution in [1.82, 2.24) is 5.32 Å². The SMILES string of the molecule is O=C(NCCCOCc1ccccc1)C1CC1. The second kappa shape index (κ2) is 6.40. The Morgan fingerprint density at radius 1 is 1.29 bits per heavy atom. The fraction of sp³-hybridized carbons (Fsp3) is 0.500. The minimum Gasteiger partial charge on any atom is -0.377 e. The van der Waals surface area contributed by atoms with E-state index in [1.54, 1.807) is 0 Å². The summed E-state index contributed by atoms with van der Waals surface area (Å²) >= 11 is 0. The molecule has 0 heterocycles. The van der Waals surface area contributed by atoms with Crippen LogP contribution in [0.3, 0.4) is 0 Å². The van der Waals surface area contributed by atoms with Crippen LogP contribution in [0.5, 0.6) is 0 Å². The van der Waals surface area contributed by atoms with E-state index in [1.807, 2.05) is 18.2 Å². The molecule has 0 aromatic heterocycles. The molecule has 1 N–H and O–H groups in total. The van der Waals surface area contributed by atoms with Gasteiger partial charge >= 0.3 is 0 Å². The maximum absolute atomic E-state index is 11.3. The van der Waals surface area contributed by atoms with Gasteiger partial charge in [-0.1, -0.05) is 30.3 Å². The van der Waals surface area contributed by atoms with E-state index in [-0.39, 0.29) is 5.91 Å². The molecule has 17 heavy (non-hydrogen) atoms. The molecular formula is C14H19NO2. The van der Waals surface area contributed by atoms with Crippen molar-refractivity contribution in [2.45, 2.75) is 25.9 Å². The monoisotopic (exact) mass is 233 g/mol. The highest BCUT2D eigenvalue weighted by molar-refractivity contribution is 5.80. The molecule has 1 aromatic rings. The Hall–Kier alpha value is -1.35. The molecule has 1 aliphatic rings. The number of amides is 1. The first-order valence-electron chi connectivity index (χ1n) is 6.25. The molecule has 1 saturated carbocycles. The van der Waals surface area contributed by atoms with E-state index < -0.39 is 0 Å². The maximum Gasteiger partial charge on any atom is 0.223 e. The van der Waals surface area contributed by atoms with Crippen molar-refractivity contribution in [1.29, 1.82) is 0 Å². The van der Waals surface area contributed by atoms with Gasteiger partial charge in [-0.3, -0.25) is 4.79 Å². The highest BCUT2D eigenvalue weighted by Gasteiger charge is 2.28. The topological polar surface area (TPSA) is 38.3 Å². The van der Waals surface area contributed by atoms with E-state index in [2.05, 4.69) is 17.4 Å². The van der Waals surface area contributed by atoms with Crippen molar-refractivity contribution in [3.63, 3.8) is 0 Å². The van der Waals surface area contributed by atoms with Crippen LogP contribution in [0.1, 0.15) is 24.8 Å². The summed E-state index contributed by atoms with van der Waals surface area (Å²) in [5, 5.41) is 2.92. The standard InChI is InChI=1S/C14H19NO2/c16-14(13-7-8-13)15-9-4-10-17-11-12-5-2-1-3-6-12/h1-3,5-6,13H,4,7-11H2,(H,15,16). The van der Waals surface area contributed by atoms with Crippen LogP contribution in [-0.2, 0) is 16.1 Å². The van der Waals surface area contributed by atoms with Crippen molar-refractivity contribution >= 4 is 5.91 Å². The lowest BCUT2D eigenvalue weighted by atomic mass is 10.2. The fourth-order valence-electron chi connectivity index (χ4n) is 1.64. The van der Waals surface area contributed by atoms with Crippen LogP contribution in [0, 0.1) is 5.92 Å². The number of rotatable bonds is 7. The Balaban J connectivity index is 1.47. The highest BCUT2D eigenvalue weighted by Crippen LogP contribution is 2.28. The van der Waals surface area contributed by atoms with Gasteiger partial charge in [0, 0.05) is 19.1 Å². The Bertz CT molecular complexity index is 346. The van der Waals surface area contributed by atoms with E-state index in [1.165, 1.54) is 5.56 Å². The normalized spacial score (nSPS) is 14.6. The van der Waals surface area contributed by atoms with Crippen LogP contribution in [-0.4, -0.2) is 19.1 Å². The third-order valence-corrected chi connectivity index (χ3v) is 2.82. The first-order chi connectivity index (χ1) is 8.36. The molecule has 1 amide bonds. The van der Waals surface area contributed by atoms with Crippen LogP contribution < -0.4 is 5.32 Å². The summed E-state index contributed by atoms with van der Waals surface area (Å²) in [7, 11) is 0. The summed E-state index contributed by atoms with van der Waals surface area (Å²) in [6.45, 7) is 2.07. The molecular weight excluding hydrogens is 214 g/mol. The first kappa shape index (κ1) is 12.1. The minimum absolute atomic E-state index is 0.216. The van der Waals surface area contributed by atoms with Gasteiger partial charge in [0.1, 0.15) is 0 Å². The first-order valence-corrected chi connectivity index (χ1v) is 6.25. The van der Waals surface area contributed by atoms with E-state index in [4.69, 9.17) is 4.74 Å². The quantitative estimate of drug-likeness (QED) is 0.733. The predicted molar refractivity (Wildman–Crippen MR) is 66.4 cm³/mol. The molecule has 1 fully saturated rings. The summed E-state index contributed by atoms with van der Waals surface area (Å²) in [4.78, 5) is 11.3. The molecule has 0 spiro atoms. The molecule has 1 aliphatic carbocycles. The zero-order valence-corrected chi connectivity index (χ0v) is 10.0. The van der Waals surface area contributed by atoms with Gasteiger partial charge in [0.15, 0.2) is 0 Å². The second-order valence-corrected chi connectivity index (χ2v) is 4.46. The molecule has 0 saturated heterocycles. The number of carbonyl (C=O) groups is 1. The van der Waals surface area contributed by atoms with Crippen LogP contribution in [0.2, 0.25) is 0 Å². The zero-order valence-electron chi connectivity index (χ0n) is 10.0. The summed E-state index contributed by atoms with van der Waals surface area (Å²) in [6, 6.07) is 10.1. The molecule has 0 unspecified atom stereocenters. The lowest BCUT2D eigenvalue weighted by molar-refractivity contribution is -0.122. The largest absolute Gasteiger partial charge is 0.377 e. The number of nitrogens with one attached hydrogen (secondary N) is 1. The van der Waals surface area contributed by atoms with E-state index in [0.29, 0.717) is 19.1 Å². The Labute approximate surface area is 102 Å². The molecule has 0 atom stereocenters. The summed E-state index contributed by atoms with van der Waals surface area (Å²) in [5.74, 6) is 0.522. The molecule has 92 valence electrons. The average molecular weight is 233 g/mol. The Morgan fingerprint density at radius 3 is 2.76 bits per heavy atom. The van der Waals surface area contributed by atoms with Crippen molar-refractivity contribution in [3.8, 4) is 0 Å². The van der Waals surface area contributed by atoms with Crippen LogP contribution in [0.25, 0.3) is 0 Å². The molecule has 0 bridgehead atoms. The fourth-order valence-corrected chi connectivity index (χ4v) is 1.64. The number of benzene rings is 1. The van der Waals surface area contributed by atoms with Crippen LogP contribution >= 0.6 is 0 Å². The van der Waals surface area contributed by atoms with Crippen LogP contribution in [0.4, 0.5) is 0 Å².